The molecule has 6 heteroatoms. The van der Waals surface area contributed by atoms with Gasteiger partial charge in [-0.3, -0.25) is 4.79 Å². The molecule has 0 spiro atoms. The van der Waals surface area contributed by atoms with Crippen LogP contribution in [-0.4, -0.2) is 19.0 Å². The lowest BCUT2D eigenvalue weighted by atomic mass is 9.97. The summed E-state index contributed by atoms with van der Waals surface area (Å²) in [6.45, 7) is 2.69. The first-order chi connectivity index (χ1) is 12.5. The Morgan fingerprint density at radius 2 is 1.77 bits per heavy atom. The fourth-order valence-electron chi connectivity index (χ4n) is 3.27. The van der Waals surface area contributed by atoms with Crippen molar-refractivity contribution >= 4 is 11.6 Å². The lowest BCUT2D eigenvalue weighted by Crippen LogP contribution is -2.41. The van der Waals surface area contributed by atoms with Crippen LogP contribution in [-0.2, 0) is 17.9 Å². The zero-order chi connectivity index (χ0) is 18.5. The minimum atomic E-state index is -0.833. The van der Waals surface area contributed by atoms with E-state index in [9.17, 15) is 13.6 Å². The van der Waals surface area contributed by atoms with E-state index in [0.717, 1.165) is 36.7 Å². The van der Waals surface area contributed by atoms with Gasteiger partial charge in [0.25, 0.3) is 0 Å². The van der Waals surface area contributed by atoms with Crippen molar-refractivity contribution in [1.29, 1.82) is 0 Å². The molecule has 2 aromatic rings. The van der Waals surface area contributed by atoms with Gasteiger partial charge in [-0.15, -0.1) is 0 Å². The molecule has 0 bridgehead atoms. The average molecular weight is 359 g/mol. The molecule has 138 valence electrons. The largest absolute Gasteiger partial charge is 0.371 e. The van der Waals surface area contributed by atoms with E-state index >= 15 is 0 Å². The van der Waals surface area contributed by atoms with Crippen LogP contribution in [0.1, 0.15) is 24.0 Å². The van der Waals surface area contributed by atoms with Gasteiger partial charge in [-0.25, -0.2) is 8.78 Å². The van der Waals surface area contributed by atoms with Gasteiger partial charge in [0.15, 0.2) is 11.6 Å². The number of nitrogens with zero attached hydrogens (tertiary/aromatic N) is 1. The quantitative estimate of drug-likeness (QED) is 0.834. The van der Waals surface area contributed by atoms with Crippen LogP contribution >= 0.6 is 0 Å². The van der Waals surface area contributed by atoms with Crippen molar-refractivity contribution in [2.45, 2.75) is 25.9 Å². The van der Waals surface area contributed by atoms with Crippen molar-refractivity contribution in [3.8, 4) is 0 Å². The molecule has 1 amide bonds. The first kappa shape index (κ1) is 18.3. The van der Waals surface area contributed by atoms with Crippen LogP contribution in [0.4, 0.5) is 14.5 Å². The summed E-state index contributed by atoms with van der Waals surface area (Å²) in [6.07, 6.45) is 1.82. The molecule has 0 unspecified atom stereocenters. The Balaban J connectivity index is 1.52. The zero-order valence-electron chi connectivity index (χ0n) is 14.6. The van der Waals surface area contributed by atoms with Gasteiger partial charge >= 0.3 is 0 Å². The van der Waals surface area contributed by atoms with E-state index in [1.165, 1.54) is 6.07 Å². The standard InChI is InChI=1S/C20H23F2N3O/c21-18-8-5-15(10-19(18)22)12-24-11-14-3-6-17(7-4-14)25-9-1-2-16(13-25)20(23)26/h3-8,10,16,24H,1-2,9,11-13H2,(H2,23,26)/t16-/m0/s1. The molecule has 1 heterocycles. The SMILES string of the molecule is NC(=O)[C@H]1CCCN(c2ccc(CNCc3ccc(F)c(F)c3)cc2)C1. The van der Waals surface area contributed by atoms with Crippen LogP contribution in [0.2, 0.25) is 0 Å². The minimum absolute atomic E-state index is 0.0822. The summed E-state index contributed by atoms with van der Waals surface area (Å²) in [7, 11) is 0. The molecule has 0 aliphatic carbocycles. The zero-order valence-corrected chi connectivity index (χ0v) is 14.6. The van der Waals surface area contributed by atoms with Gasteiger partial charge in [0, 0.05) is 31.9 Å². The number of piperidine rings is 1. The van der Waals surface area contributed by atoms with Crippen molar-refractivity contribution in [3.05, 3.63) is 65.2 Å². The Morgan fingerprint density at radius 3 is 2.46 bits per heavy atom. The molecule has 26 heavy (non-hydrogen) atoms. The molecular formula is C20H23F2N3O. The predicted molar refractivity (Wildman–Crippen MR) is 97.5 cm³/mol. The topological polar surface area (TPSA) is 58.4 Å². The number of amides is 1. The van der Waals surface area contributed by atoms with Crippen LogP contribution in [0.5, 0.6) is 0 Å². The summed E-state index contributed by atoms with van der Waals surface area (Å²) in [5.74, 6) is -1.97. The summed E-state index contributed by atoms with van der Waals surface area (Å²) in [4.78, 5) is 13.6. The first-order valence-corrected chi connectivity index (χ1v) is 8.81. The van der Waals surface area contributed by atoms with Gasteiger partial charge < -0.3 is 16.0 Å². The second-order valence-electron chi connectivity index (χ2n) is 6.71. The summed E-state index contributed by atoms with van der Waals surface area (Å²) in [5, 5.41) is 3.22. The molecule has 1 atom stereocenters. The molecule has 2 aromatic carbocycles. The fourth-order valence-corrected chi connectivity index (χ4v) is 3.27. The summed E-state index contributed by atoms with van der Waals surface area (Å²) < 4.78 is 26.1. The maximum absolute atomic E-state index is 13.2. The van der Waals surface area contributed by atoms with E-state index in [1.807, 2.05) is 24.3 Å². The van der Waals surface area contributed by atoms with Gasteiger partial charge in [-0.1, -0.05) is 18.2 Å². The van der Waals surface area contributed by atoms with Gasteiger partial charge in [-0.05, 0) is 48.2 Å². The Morgan fingerprint density at radius 1 is 1.08 bits per heavy atom. The van der Waals surface area contributed by atoms with Crippen LogP contribution in [0.25, 0.3) is 0 Å². The third kappa shape index (κ3) is 4.58. The highest BCUT2D eigenvalue weighted by atomic mass is 19.2. The van der Waals surface area contributed by atoms with Crippen LogP contribution < -0.4 is 16.0 Å². The third-order valence-electron chi connectivity index (χ3n) is 4.77. The number of nitrogens with two attached hydrogens (primary N) is 1. The Labute approximate surface area is 152 Å². The van der Waals surface area contributed by atoms with Gasteiger partial charge in [0.05, 0.1) is 5.92 Å². The fraction of sp³-hybridized carbons (Fsp3) is 0.350. The maximum atomic E-state index is 13.2. The number of rotatable bonds is 6. The molecule has 1 fully saturated rings. The van der Waals surface area contributed by atoms with Crippen molar-refractivity contribution in [3.63, 3.8) is 0 Å². The Kier molecular flexibility index (Phi) is 5.83. The van der Waals surface area contributed by atoms with Gasteiger partial charge in [-0.2, -0.15) is 0 Å². The summed E-state index contributed by atoms with van der Waals surface area (Å²) in [6, 6.07) is 12.1. The van der Waals surface area contributed by atoms with Crippen LogP contribution in [0, 0.1) is 17.6 Å². The molecule has 1 aliphatic heterocycles. The maximum Gasteiger partial charge on any atom is 0.222 e. The summed E-state index contributed by atoms with van der Waals surface area (Å²) in [5.41, 5.74) is 8.31. The van der Waals surface area contributed by atoms with E-state index in [4.69, 9.17) is 5.73 Å². The average Bonchev–Trinajstić information content (AvgIpc) is 2.65. The van der Waals surface area contributed by atoms with E-state index < -0.39 is 11.6 Å². The number of nitrogens with one attached hydrogen (secondary N) is 1. The molecule has 0 aromatic heterocycles. The lowest BCUT2D eigenvalue weighted by molar-refractivity contribution is -0.122. The number of halogens is 2. The monoisotopic (exact) mass is 359 g/mol. The second-order valence-corrected chi connectivity index (χ2v) is 6.71. The highest BCUT2D eigenvalue weighted by Crippen LogP contribution is 2.23. The molecule has 0 radical (unpaired) electrons. The molecule has 4 nitrogen and oxygen atoms in total. The number of benzene rings is 2. The summed E-state index contributed by atoms with van der Waals surface area (Å²) >= 11 is 0. The Hall–Kier alpha value is -2.47. The number of anilines is 1. The Bertz CT molecular complexity index is 764. The van der Waals surface area contributed by atoms with Crippen molar-refractivity contribution in [2.24, 2.45) is 11.7 Å². The normalized spacial score (nSPS) is 17.3. The molecule has 3 N–H and O–H groups in total. The van der Waals surface area contributed by atoms with E-state index in [-0.39, 0.29) is 11.8 Å². The second kappa shape index (κ2) is 8.27. The van der Waals surface area contributed by atoms with Crippen LogP contribution in [0.3, 0.4) is 0 Å². The molecule has 1 saturated heterocycles. The van der Waals surface area contributed by atoms with E-state index in [1.54, 1.807) is 6.07 Å². The van der Waals surface area contributed by atoms with E-state index in [0.29, 0.717) is 25.2 Å². The third-order valence-corrected chi connectivity index (χ3v) is 4.77. The van der Waals surface area contributed by atoms with Gasteiger partial charge in [0.1, 0.15) is 0 Å². The van der Waals surface area contributed by atoms with Gasteiger partial charge in [0.2, 0.25) is 5.91 Å². The van der Waals surface area contributed by atoms with Crippen LogP contribution in [0.15, 0.2) is 42.5 Å². The highest BCUT2D eigenvalue weighted by Gasteiger charge is 2.23. The molecule has 1 aliphatic rings. The lowest BCUT2D eigenvalue weighted by Gasteiger charge is -2.33. The first-order valence-electron chi connectivity index (χ1n) is 8.81. The van der Waals surface area contributed by atoms with E-state index in [2.05, 4.69) is 10.2 Å². The number of primary amides is 1. The number of hydrogen-bond acceptors (Lipinski definition) is 3. The van der Waals surface area contributed by atoms with Crippen molar-refractivity contribution < 1.29 is 13.6 Å². The van der Waals surface area contributed by atoms with Crippen molar-refractivity contribution in [1.82, 2.24) is 5.32 Å². The molecular weight excluding hydrogens is 336 g/mol. The number of hydrogen-bond donors (Lipinski definition) is 2. The number of carbonyl (C=O) groups is 1. The molecule has 3 rings (SSSR count). The smallest absolute Gasteiger partial charge is 0.222 e. The predicted octanol–water partition coefficient (Wildman–Crippen LogP) is 2.96. The van der Waals surface area contributed by atoms with Crippen molar-refractivity contribution in [2.75, 3.05) is 18.0 Å². The molecule has 0 saturated carbocycles. The minimum Gasteiger partial charge on any atom is -0.371 e. The number of carbonyl (C=O) groups excluding carboxylic acids is 1. The highest BCUT2D eigenvalue weighted by molar-refractivity contribution is 5.77.